The fourth-order valence-electron chi connectivity index (χ4n) is 1.65. The van der Waals surface area contributed by atoms with Crippen LogP contribution in [-0.2, 0) is 0 Å². The van der Waals surface area contributed by atoms with Crippen molar-refractivity contribution in [3.63, 3.8) is 0 Å². The Morgan fingerprint density at radius 1 is 0.941 bits per heavy atom. The molecule has 17 heavy (non-hydrogen) atoms. The Hall–Kier alpha value is -2.17. The maximum Gasteiger partial charge on any atom is 0.339 e. The molecular formula is C12H12O5. The summed E-state index contributed by atoms with van der Waals surface area (Å²) in [6.45, 7) is 0. The number of methoxy groups -OCH3 is 3. The lowest BCUT2D eigenvalue weighted by atomic mass is 10.2. The molecule has 0 aliphatic heterocycles. The van der Waals surface area contributed by atoms with E-state index in [1.165, 1.54) is 27.4 Å². The number of ether oxygens (including phenoxy) is 3. The zero-order valence-corrected chi connectivity index (χ0v) is 9.77. The normalized spacial score (nSPS) is 10.3. The predicted molar refractivity (Wildman–Crippen MR) is 62.1 cm³/mol. The Morgan fingerprint density at radius 2 is 1.59 bits per heavy atom. The Kier molecular flexibility index (Phi) is 2.91. The molecule has 0 unspecified atom stereocenters. The Morgan fingerprint density at radius 3 is 2.18 bits per heavy atom. The van der Waals surface area contributed by atoms with Crippen LogP contribution < -0.4 is 19.8 Å². The second-order valence-corrected chi connectivity index (χ2v) is 3.34. The molecule has 1 aromatic carbocycles. The fraction of sp³-hybridized carbons (Fsp3) is 0.250. The van der Waals surface area contributed by atoms with Crippen LogP contribution in [0.15, 0.2) is 27.4 Å². The lowest BCUT2D eigenvalue weighted by molar-refractivity contribution is 0.388. The van der Waals surface area contributed by atoms with E-state index in [0.717, 1.165) is 0 Å². The van der Waals surface area contributed by atoms with Crippen LogP contribution in [0.1, 0.15) is 0 Å². The summed E-state index contributed by atoms with van der Waals surface area (Å²) in [5.74, 6) is 1.49. The number of rotatable bonds is 3. The van der Waals surface area contributed by atoms with Gasteiger partial charge >= 0.3 is 5.63 Å². The highest BCUT2D eigenvalue weighted by Crippen LogP contribution is 2.36. The van der Waals surface area contributed by atoms with Crippen molar-refractivity contribution in [1.82, 2.24) is 0 Å². The summed E-state index contributed by atoms with van der Waals surface area (Å²) in [5.41, 5.74) is -0.116. The molecule has 0 aliphatic carbocycles. The van der Waals surface area contributed by atoms with Gasteiger partial charge in [-0.25, -0.2) is 4.79 Å². The van der Waals surface area contributed by atoms with Crippen molar-refractivity contribution in [3.05, 3.63) is 28.6 Å². The molecule has 1 aromatic heterocycles. The number of benzene rings is 1. The van der Waals surface area contributed by atoms with E-state index < -0.39 is 5.63 Å². The van der Waals surface area contributed by atoms with Crippen molar-refractivity contribution in [1.29, 1.82) is 0 Å². The average Bonchev–Trinajstić information content (AvgIpc) is 2.35. The van der Waals surface area contributed by atoms with Crippen molar-refractivity contribution in [2.24, 2.45) is 0 Å². The highest BCUT2D eigenvalue weighted by molar-refractivity contribution is 5.90. The second-order valence-electron chi connectivity index (χ2n) is 3.34. The molecule has 0 saturated heterocycles. The van der Waals surface area contributed by atoms with Gasteiger partial charge in [-0.3, -0.25) is 0 Å². The standard InChI is InChI=1S/C12H12O5/c1-14-7-4-8(15-2)12-9(16-3)6-11(13)17-10(12)5-7/h4-6H,1-3H3. The number of hydrogen-bond acceptors (Lipinski definition) is 5. The molecule has 0 aliphatic rings. The summed E-state index contributed by atoms with van der Waals surface area (Å²) in [4.78, 5) is 11.3. The Bertz CT molecular complexity index is 600. The first-order chi connectivity index (χ1) is 8.19. The Labute approximate surface area is 97.5 Å². The van der Waals surface area contributed by atoms with Gasteiger partial charge in [-0.05, 0) is 0 Å². The van der Waals surface area contributed by atoms with Gasteiger partial charge in [0, 0.05) is 12.1 Å². The van der Waals surface area contributed by atoms with Crippen molar-refractivity contribution >= 4 is 11.0 Å². The zero-order valence-electron chi connectivity index (χ0n) is 9.77. The Balaban J connectivity index is 2.88. The molecule has 0 amide bonds. The van der Waals surface area contributed by atoms with E-state index >= 15 is 0 Å². The minimum atomic E-state index is -0.482. The molecule has 0 bridgehead atoms. The van der Waals surface area contributed by atoms with Crippen LogP contribution in [0.3, 0.4) is 0 Å². The molecule has 0 fully saturated rings. The topological polar surface area (TPSA) is 57.9 Å². The molecule has 0 radical (unpaired) electrons. The van der Waals surface area contributed by atoms with Gasteiger partial charge in [-0.15, -0.1) is 0 Å². The van der Waals surface area contributed by atoms with Crippen LogP contribution in [0.25, 0.3) is 11.0 Å². The van der Waals surface area contributed by atoms with Crippen LogP contribution in [-0.4, -0.2) is 21.3 Å². The van der Waals surface area contributed by atoms with Gasteiger partial charge in [0.15, 0.2) is 0 Å². The maximum absolute atomic E-state index is 11.3. The van der Waals surface area contributed by atoms with E-state index in [1.807, 2.05) is 0 Å². The van der Waals surface area contributed by atoms with E-state index in [9.17, 15) is 4.79 Å². The van der Waals surface area contributed by atoms with Gasteiger partial charge < -0.3 is 18.6 Å². The minimum absolute atomic E-state index is 0.366. The SMILES string of the molecule is COc1cc(OC)c2c(OC)cc(=O)oc2c1. The van der Waals surface area contributed by atoms with E-state index in [4.69, 9.17) is 18.6 Å². The first-order valence-electron chi connectivity index (χ1n) is 4.93. The van der Waals surface area contributed by atoms with Crippen molar-refractivity contribution < 1.29 is 18.6 Å². The van der Waals surface area contributed by atoms with Crippen LogP contribution >= 0.6 is 0 Å². The third kappa shape index (κ3) is 1.91. The van der Waals surface area contributed by atoms with Gasteiger partial charge in [0.25, 0.3) is 0 Å². The van der Waals surface area contributed by atoms with Crippen molar-refractivity contribution in [2.45, 2.75) is 0 Å². The van der Waals surface area contributed by atoms with Crippen molar-refractivity contribution in [3.8, 4) is 17.2 Å². The highest BCUT2D eigenvalue weighted by atomic mass is 16.5. The van der Waals surface area contributed by atoms with Crippen LogP contribution in [0.5, 0.6) is 17.2 Å². The smallest absolute Gasteiger partial charge is 0.339 e. The largest absolute Gasteiger partial charge is 0.496 e. The summed E-state index contributed by atoms with van der Waals surface area (Å²) in [6.07, 6.45) is 0. The van der Waals surface area contributed by atoms with Gasteiger partial charge in [0.05, 0.1) is 27.4 Å². The van der Waals surface area contributed by atoms with Crippen LogP contribution in [0.2, 0.25) is 0 Å². The summed E-state index contributed by atoms with van der Waals surface area (Å²) in [6, 6.07) is 4.59. The molecule has 0 atom stereocenters. The third-order valence-corrected chi connectivity index (χ3v) is 2.42. The molecule has 0 N–H and O–H groups in total. The van der Waals surface area contributed by atoms with Crippen LogP contribution in [0, 0.1) is 0 Å². The van der Waals surface area contributed by atoms with Gasteiger partial charge in [-0.1, -0.05) is 0 Å². The van der Waals surface area contributed by atoms with Crippen molar-refractivity contribution in [2.75, 3.05) is 21.3 Å². The minimum Gasteiger partial charge on any atom is -0.496 e. The highest BCUT2D eigenvalue weighted by Gasteiger charge is 2.13. The van der Waals surface area contributed by atoms with Gasteiger partial charge in [0.1, 0.15) is 28.2 Å². The lowest BCUT2D eigenvalue weighted by Crippen LogP contribution is -2.00. The van der Waals surface area contributed by atoms with Gasteiger partial charge in [0.2, 0.25) is 0 Å². The van der Waals surface area contributed by atoms with Gasteiger partial charge in [-0.2, -0.15) is 0 Å². The second kappa shape index (κ2) is 4.37. The molecule has 90 valence electrons. The molecule has 0 saturated carbocycles. The lowest BCUT2D eigenvalue weighted by Gasteiger charge is -2.10. The summed E-state index contributed by atoms with van der Waals surface area (Å²) < 4.78 is 20.6. The summed E-state index contributed by atoms with van der Waals surface area (Å²) >= 11 is 0. The number of fused-ring (bicyclic) bond motifs is 1. The van der Waals surface area contributed by atoms with E-state index in [-0.39, 0.29) is 0 Å². The van der Waals surface area contributed by atoms with Crippen LogP contribution in [0.4, 0.5) is 0 Å². The molecule has 2 rings (SSSR count). The molecule has 5 heteroatoms. The first kappa shape index (κ1) is 11.3. The van der Waals surface area contributed by atoms with E-state index in [0.29, 0.717) is 28.2 Å². The quantitative estimate of drug-likeness (QED) is 0.761. The number of hydrogen-bond donors (Lipinski definition) is 0. The zero-order chi connectivity index (χ0) is 12.4. The third-order valence-electron chi connectivity index (χ3n) is 2.42. The molecule has 0 spiro atoms. The monoisotopic (exact) mass is 236 g/mol. The molecule has 1 heterocycles. The summed E-state index contributed by atoms with van der Waals surface area (Å²) in [7, 11) is 4.54. The molecule has 2 aromatic rings. The molecule has 5 nitrogen and oxygen atoms in total. The maximum atomic E-state index is 11.3. The average molecular weight is 236 g/mol. The summed E-state index contributed by atoms with van der Waals surface area (Å²) in [5, 5.41) is 0.607. The molecular weight excluding hydrogens is 224 g/mol. The first-order valence-corrected chi connectivity index (χ1v) is 4.93. The van der Waals surface area contributed by atoms with E-state index in [2.05, 4.69) is 0 Å². The van der Waals surface area contributed by atoms with E-state index in [1.54, 1.807) is 12.1 Å². The fourth-order valence-corrected chi connectivity index (χ4v) is 1.65. The predicted octanol–water partition coefficient (Wildman–Crippen LogP) is 1.82.